The molecule has 2 aromatic heterocycles. The number of pyridine rings is 1. The van der Waals surface area contributed by atoms with Crippen LogP contribution in [0.5, 0.6) is 0 Å². The first-order valence-electron chi connectivity index (χ1n) is 9.63. The number of likely N-dealkylation sites (tertiary alicyclic amines) is 1. The molecule has 3 aromatic rings. The van der Waals surface area contributed by atoms with Crippen LogP contribution in [0, 0.1) is 5.92 Å². The minimum absolute atomic E-state index is 0.0819. The summed E-state index contributed by atoms with van der Waals surface area (Å²) in [6, 6.07) is 14.3. The number of thiophene rings is 1. The molecule has 2 aliphatic heterocycles. The van der Waals surface area contributed by atoms with E-state index in [1.165, 1.54) is 15.0 Å². The molecule has 0 saturated carbocycles. The number of carbonyl (C=O) groups excluding carboxylic acids is 1. The number of benzene rings is 1. The molecule has 0 radical (unpaired) electrons. The molecule has 1 fully saturated rings. The molecule has 0 unspecified atom stereocenters. The number of hydrogen-bond donors (Lipinski definition) is 0. The molecule has 0 aliphatic carbocycles. The molecule has 2 bridgehead atoms. The zero-order valence-electron chi connectivity index (χ0n) is 15.8. The summed E-state index contributed by atoms with van der Waals surface area (Å²) in [5, 5.41) is 1.24. The van der Waals surface area contributed by atoms with Gasteiger partial charge >= 0.3 is 0 Å². The summed E-state index contributed by atoms with van der Waals surface area (Å²) in [7, 11) is 0. The highest BCUT2D eigenvalue weighted by Crippen LogP contribution is 2.42. The number of hydrogen-bond acceptors (Lipinski definition) is 4. The summed E-state index contributed by atoms with van der Waals surface area (Å²) in [5.41, 5.74) is 2.36. The Hall–Kier alpha value is -2.05. The number of nitrogens with zero attached hydrogens (tertiary/aromatic N) is 2. The van der Waals surface area contributed by atoms with Crippen LogP contribution in [0.4, 0.5) is 0 Å². The third kappa shape index (κ3) is 2.99. The highest BCUT2D eigenvalue weighted by molar-refractivity contribution is 7.99. The van der Waals surface area contributed by atoms with Crippen LogP contribution in [0.25, 0.3) is 20.5 Å². The fourth-order valence-electron chi connectivity index (χ4n) is 4.76. The number of fused-ring (bicyclic) bond motifs is 5. The largest absolute Gasteiger partial charge is 0.341 e. The molecule has 0 N–H and O–H groups in total. The summed E-state index contributed by atoms with van der Waals surface area (Å²) in [4.78, 5) is 28.4. The number of rotatable bonds is 3. The smallest absolute Gasteiger partial charge is 0.250 e. The van der Waals surface area contributed by atoms with Crippen molar-refractivity contribution in [3.05, 3.63) is 58.5 Å². The fraction of sp³-hybridized carbons (Fsp3) is 0.364. The quantitative estimate of drug-likeness (QED) is 0.654. The van der Waals surface area contributed by atoms with Gasteiger partial charge in [0.2, 0.25) is 5.91 Å². The van der Waals surface area contributed by atoms with E-state index in [1.807, 2.05) is 21.8 Å². The van der Waals surface area contributed by atoms with Crippen molar-refractivity contribution < 1.29 is 4.79 Å². The number of aromatic nitrogens is 1. The van der Waals surface area contributed by atoms with Crippen molar-refractivity contribution in [1.29, 1.82) is 0 Å². The van der Waals surface area contributed by atoms with Crippen molar-refractivity contribution in [2.75, 3.05) is 25.1 Å². The van der Waals surface area contributed by atoms with Gasteiger partial charge in [0.05, 0.1) is 5.75 Å². The maximum absolute atomic E-state index is 12.7. The van der Waals surface area contributed by atoms with Crippen LogP contribution in [-0.4, -0.2) is 40.5 Å². The average Bonchev–Trinajstić information content (AvgIpc) is 3.13. The first kappa shape index (κ1) is 18.0. The number of amides is 1. The van der Waals surface area contributed by atoms with Gasteiger partial charge in [-0.1, -0.05) is 18.2 Å². The second kappa shape index (κ2) is 7.08. The van der Waals surface area contributed by atoms with Gasteiger partial charge in [0.1, 0.15) is 0 Å². The van der Waals surface area contributed by atoms with Crippen molar-refractivity contribution in [1.82, 2.24) is 9.47 Å². The molecule has 2 atom stereocenters. The molecule has 1 amide bonds. The monoisotopic (exact) mass is 410 g/mol. The molecule has 1 aromatic carbocycles. The van der Waals surface area contributed by atoms with Gasteiger partial charge in [-0.3, -0.25) is 9.59 Å². The van der Waals surface area contributed by atoms with Crippen LogP contribution in [0.2, 0.25) is 0 Å². The Morgan fingerprint density at radius 3 is 2.86 bits per heavy atom. The normalized spacial score (nSPS) is 21.0. The lowest BCUT2D eigenvalue weighted by molar-refractivity contribution is -0.131. The summed E-state index contributed by atoms with van der Waals surface area (Å²) in [6.07, 6.45) is 3.03. The number of thioether (sulfide) groups is 1. The summed E-state index contributed by atoms with van der Waals surface area (Å²) >= 11 is 3.35. The highest BCUT2D eigenvalue weighted by Gasteiger charge is 2.37. The Bertz CT molecular complexity index is 1080. The van der Waals surface area contributed by atoms with Gasteiger partial charge in [-0.25, -0.2) is 0 Å². The second-order valence-electron chi connectivity index (χ2n) is 7.76. The Kier molecular flexibility index (Phi) is 4.56. The summed E-state index contributed by atoms with van der Waals surface area (Å²) < 4.78 is 3.24. The minimum Gasteiger partial charge on any atom is -0.341 e. The van der Waals surface area contributed by atoms with E-state index in [-0.39, 0.29) is 17.4 Å². The van der Waals surface area contributed by atoms with Crippen LogP contribution in [0.3, 0.4) is 0 Å². The van der Waals surface area contributed by atoms with Gasteiger partial charge in [-0.2, -0.15) is 11.8 Å². The lowest BCUT2D eigenvalue weighted by atomic mass is 9.81. The van der Waals surface area contributed by atoms with Gasteiger partial charge in [0, 0.05) is 52.5 Å². The van der Waals surface area contributed by atoms with Crippen LogP contribution in [0.15, 0.2) is 47.3 Å². The van der Waals surface area contributed by atoms with Crippen LogP contribution in [0.1, 0.15) is 18.0 Å². The van der Waals surface area contributed by atoms with E-state index < -0.39 is 0 Å². The van der Waals surface area contributed by atoms with E-state index in [1.54, 1.807) is 29.2 Å². The fourth-order valence-corrected chi connectivity index (χ4v) is 6.28. The van der Waals surface area contributed by atoms with Crippen LogP contribution in [-0.2, 0) is 11.3 Å². The third-order valence-electron chi connectivity index (χ3n) is 5.90. The SMILES string of the molecule is CSCC(=O)N1C[C@@H]2C[C@H](C1)c1c(-c3cc4ccccc4s3)ccc(=O)n1C2. The van der Waals surface area contributed by atoms with Crippen molar-refractivity contribution in [2.24, 2.45) is 5.92 Å². The second-order valence-corrected chi connectivity index (χ2v) is 9.71. The van der Waals surface area contributed by atoms with E-state index in [0.29, 0.717) is 18.2 Å². The topological polar surface area (TPSA) is 42.3 Å². The Balaban J connectivity index is 1.60. The molecule has 6 heteroatoms. The van der Waals surface area contributed by atoms with Crippen molar-refractivity contribution in [3.63, 3.8) is 0 Å². The van der Waals surface area contributed by atoms with Crippen LogP contribution >= 0.6 is 23.1 Å². The van der Waals surface area contributed by atoms with E-state index in [4.69, 9.17) is 0 Å². The summed E-state index contributed by atoms with van der Waals surface area (Å²) in [6.45, 7) is 2.21. The third-order valence-corrected chi connectivity index (χ3v) is 7.59. The van der Waals surface area contributed by atoms with E-state index in [0.717, 1.165) is 30.8 Å². The zero-order valence-corrected chi connectivity index (χ0v) is 17.4. The maximum Gasteiger partial charge on any atom is 0.250 e. The number of piperidine rings is 1. The molecular formula is C22H22N2O2S2. The maximum atomic E-state index is 12.7. The first-order chi connectivity index (χ1) is 13.6. The molecule has 0 spiro atoms. The predicted octanol–water partition coefficient (Wildman–Crippen LogP) is 4.04. The predicted molar refractivity (Wildman–Crippen MR) is 117 cm³/mol. The van der Waals surface area contributed by atoms with Crippen molar-refractivity contribution in [3.8, 4) is 10.4 Å². The van der Waals surface area contributed by atoms with E-state index >= 15 is 0 Å². The summed E-state index contributed by atoms with van der Waals surface area (Å²) in [5.74, 6) is 1.35. The first-order valence-corrected chi connectivity index (χ1v) is 11.8. The molecule has 5 rings (SSSR count). The van der Waals surface area contributed by atoms with E-state index in [2.05, 4.69) is 30.3 Å². The minimum atomic E-state index is 0.0819. The van der Waals surface area contributed by atoms with Crippen molar-refractivity contribution in [2.45, 2.75) is 18.9 Å². The molecule has 1 saturated heterocycles. The molecule has 4 nitrogen and oxygen atoms in total. The van der Waals surface area contributed by atoms with Gasteiger partial charge in [-0.15, -0.1) is 11.3 Å². The van der Waals surface area contributed by atoms with Gasteiger partial charge in [0.15, 0.2) is 0 Å². The lowest BCUT2D eigenvalue weighted by Gasteiger charge is -2.43. The molecule has 144 valence electrons. The van der Waals surface area contributed by atoms with Crippen LogP contribution < -0.4 is 5.56 Å². The molecule has 2 aliphatic rings. The van der Waals surface area contributed by atoms with Gasteiger partial charge < -0.3 is 9.47 Å². The average molecular weight is 411 g/mol. The highest BCUT2D eigenvalue weighted by atomic mass is 32.2. The van der Waals surface area contributed by atoms with E-state index in [9.17, 15) is 9.59 Å². The standard InChI is InChI=1S/C22H22N2O2S2/c1-27-13-21(26)23-10-14-8-16(12-23)22-17(6-7-20(25)24(22)11-14)19-9-15-4-2-3-5-18(15)28-19/h2-7,9,14,16H,8,10-13H2,1H3/t14-,16+/m0/s1. The molecular weight excluding hydrogens is 388 g/mol. The zero-order chi connectivity index (χ0) is 19.3. The van der Waals surface area contributed by atoms with Gasteiger partial charge in [0.25, 0.3) is 5.56 Å². The van der Waals surface area contributed by atoms with Gasteiger partial charge in [-0.05, 0) is 42.2 Å². The Labute approximate surface area is 172 Å². The number of carbonyl (C=O) groups is 1. The Morgan fingerprint density at radius 1 is 1.18 bits per heavy atom. The molecule has 4 heterocycles. The Morgan fingerprint density at radius 2 is 2.04 bits per heavy atom. The molecule has 28 heavy (non-hydrogen) atoms. The lowest BCUT2D eigenvalue weighted by Crippen LogP contribution is -2.49. The van der Waals surface area contributed by atoms with Crippen molar-refractivity contribution >= 4 is 39.1 Å².